The van der Waals surface area contributed by atoms with E-state index in [1.165, 1.54) is 25.8 Å². The number of nitrogens with two attached hydrogens (primary N) is 1. The van der Waals surface area contributed by atoms with Crippen molar-refractivity contribution in [2.75, 3.05) is 32.8 Å². The molecule has 0 radical (unpaired) electrons. The lowest BCUT2D eigenvalue weighted by Crippen LogP contribution is -2.41. The van der Waals surface area contributed by atoms with Crippen molar-refractivity contribution >= 4 is 0 Å². The third kappa shape index (κ3) is 4.49. The summed E-state index contributed by atoms with van der Waals surface area (Å²) in [5.74, 6) is 0.935. The van der Waals surface area contributed by atoms with Crippen molar-refractivity contribution in [1.82, 2.24) is 4.90 Å². The molecule has 0 bridgehead atoms. The van der Waals surface area contributed by atoms with Crippen LogP contribution in [0.25, 0.3) is 0 Å². The molecule has 0 amide bonds. The lowest BCUT2D eigenvalue weighted by molar-refractivity contribution is 0.0328. The van der Waals surface area contributed by atoms with Crippen LogP contribution in [0.2, 0.25) is 0 Å². The topological polar surface area (TPSA) is 38.5 Å². The van der Waals surface area contributed by atoms with E-state index < -0.39 is 0 Å². The molecule has 1 atom stereocenters. The monoisotopic (exact) mass is 214 g/mol. The van der Waals surface area contributed by atoms with Gasteiger partial charge in [0, 0.05) is 26.2 Å². The van der Waals surface area contributed by atoms with E-state index in [9.17, 15) is 0 Å². The Hall–Kier alpha value is -0.120. The molecule has 0 saturated heterocycles. The molecule has 1 rings (SSSR count). The van der Waals surface area contributed by atoms with Gasteiger partial charge < -0.3 is 15.4 Å². The smallest absolute Gasteiger partial charge is 0.0823 e. The second-order valence-electron chi connectivity index (χ2n) is 4.46. The molecule has 0 aromatic carbocycles. The van der Waals surface area contributed by atoms with Crippen LogP contribution in [-0.2, 0) is 4.74 Å². The first-order valence-electron chi connectivity index (χ1n) is 6.34. The van der Waals surface area contributed by atoms with Crippen molar-refractivity contribution in [3.8, 4) is 0 Å². The summed E-state index contributed by atoms with van der Waals surface area (Å²) in [6.45, 7) is 9.00. The Bertz CT molecular complexity index is 160. The molecule has 0 aromatic rings. The van der Waals surface area contributed by atoms with Gasteiger partial charge in [0.2, 0.25) is 0 Å². The van der Waals surface area contributed by atoms with Crippen molar-refractivity contribution in [3.63, 3.8) is 0 Å². The first-order chi connectivity index (χ1) is 7.30. The Morgan fingerprint density at radius 3 is 2.53 bits per heavy atom. The molecule has 3 heteroatoms. The van der Waals surface area contributed by atoms with Gasteiger partial charge in [-0.1, -0.05) is 13.3 Å². The average molecular weight is 214 g/mol. The number of nitrogens with zero attached hydrogens (tertiary/aromatic N) is 1. The Kier molecular flexibility index (Phi) is 6.22. The highest BCUT2D eigenvalue weighted by molar-refractivity contribution is 4.75. The molecule has 0 spiro atoms. The van der Waals surface area contributed by atoms with Crippen LogP contribution in [0.3, 0.4) is 0 Å². The standard InChI is InChI=1S/C12H26N2O/c1-3-14(9-11-6-5-7-11)10-12(8-13)15-4-2/h11-12H,3-10,13H2,1-2H3. The summed E-state index contributed by atoms with van der Waals surface area (Å²) in [6, 6.07) is 0. The Morgan fingerprint density at radius 2 is 2.13 bits per heavy atom. The predicted octanol–water partition coefficient (Wildman–Crippen LogP) is 1.47. The van der Waals surface area contributed by atoms with Gasteiger partial charge in [-0.15, -0.1) is 0 Å². The highest BCUT2D eigenvalue weighted by Gasteiger charge is 2.21. The van der Waals surface area contributed by atoms with Crippen LogP contribution in [0, 0.1) is 5.92 Å². The van der Waals surface area contributed by atoms with E-state index in [1.54, 1.807) is 0 Å². The molecule has 3 nitrogen and oxygen atoms in total. The number of hydrogen-bond acceptors (Lipinski definition) is 3. The number of hydrogen-bond donors (Lipinski definition) is 1. The van der Waals surface area contributed by atoms with E-state index in [0.29, 0.717) is 6.54 Å². The van der Waals surface area contributed by atoms with Crippen LogP contribution >= 0.6 is 0 Å². The summed E-state index contributed by atoms with van der Waals surface area (Å²) < 4.78 is 5.59. The van der Waals surface area contributed by atoms with Crippen LogP contribution in [0.1, 0.15) is 33.1 Å². The highest BCUT2D eigenvalue weighted by atomic mass is 16.5. The first-order valence-corrected chi connectivity index (χ1v) is 6.34. The first kappa shape index (κ1) is 12.9. The number of ether oxygens (including phenoxy) is 1. The maximum Gasteiger partial charge on any atom is 0.0823 e. The van der Waals surface area contributed by atoms with Crippen molar-refractivity contribution < 1.29 is 4.74 Å². The van der Waals surface area contributed by atoms with E-state index >= 15 is 0 Å². The second kappa shape index (κ2) is 7.20. The number of likely N-dealkylation sites (N-methyl/N-ethyl adjacent to an activating group) is 1. The Balaban J connectivity index is 2.23. The minimum Gasteiger partial charge on any atom is -0.376 e. The molecule has 0 aliphatic heterocycles. The fraction of sp³-hybridized carbons (Fsp3) is 1.00. The number of rotatable bonds is 8. The van der Waals surface area contributed by atoms with Crippen molar-refractivity contribution in [1.29, 1.82) is 0 Å². The lowest BCUT2D eigenvalue weighted by Gasteiger charge is -2.33. The van der Waals surface area contributed by atoms with Crippen molar-refractivity contribution in [2.45, 2.75) is 39.2 Å². The van der Waals surface area contributed by atoms with Gasteiger partial charge in [0.1, 0.15) is 0 Å². The average Bonchev–Trinajstić information content (AvgIpc) is 2.20. The SMILES string of the molecule is CCOC(CN)CN(CC)CC1CCC1. The molecule has 0 heterocycles. The van der Waals surface area contributed by atoms with Gasteiger partial charge in [-0.2, -0.15) is 0 Å². The molecule has 2 N–H and O–H groups in total. The maximum absolute atomic E-state index is 5.69. The van der Waals surface area contributed by atoms with Gasteiger partial charge in [-0.3, -0.25) is 0 Å². The normalized spacial score (nSPS) is 19.2. The van der Waals surface area contributed by atoms with Crippen LogP contribution < -0.4 is 5.73 Å². The van der Waals surface area contributed by atoms with Crippen LogP contribution in [0.15, 0.2) is 0 Å². The lowest BCUT2D eigenvalue weighted by atomic mass is 9.85. The van der Waals surface area contributed by atoms with Gasteiger partial charge in [-0.25, -0.2) is 0 Å². The Labute approximate surface area is 94.0 Å². The van der Waals surface area contributed by atoms with Gasteiger partial charge in [-0.05, 0) is 32.2 Å². The summed E-state index contributed by atoms with van der Waals surface area (Å²) in [6.07, 6.45) is 4.47. The van der Waals surface area contributed by atoms with Gasteiger partial charge >= 0.3 is 0 Å². The predicted molar refractivity (Wildman–Crippen MR) is 63.9 cm³/mol. The van der Waals surface area contributed by atoms with Gasteiger partial charge in [0.25, 0.3) is 0 Å². The molecular weight excluding hydrogens is 188 g/mol. The molecular formula is C12H26N2O. The van der Waals surface area contributed by atoms with Crippen LogP contribution in [0.4, 0.5) is 0 Å². The van der Waals surface area contributed by atoms with Crippen LogP contribution in [0.5, 0.6) is 0 Å². The van der Waals surface area contributed by atoms with Gasteiger partial charge in [0.15, 0.2) is 0 Å². The highest BCUT2D eigenvalue weighted by Crippen LogP contribution is 2.27. The van der Waals surface area contributed by atoms with E-state index in [-0.39, 0.29) is 6.10 Å². The summed E-state index contributed by atoms with van der Waals surface area (Å²) >= 11 is 0. The minimum atomic E-state index is 0.218. The summed E-state index contributed by atoms with van der Waals surface area (Å²) in [5.41, 5.74) is 5.69. The molecule has 1 unspecified atom stereocenters. The zero-order chi connectivity index (χ0) is 11.1. The van der Waals surface area contributed by atoms with Crippen LogP contribution in [-0.4, -0.2) is 43.8 Å². The minimum absolute atomic E-state index is 0.218. The molecule has 0 aromatic heterocycles. The molecule has 1 aliphatic carbocycles. The molecule has 1 aliphatic rings. The van der Waals surface area contributed by atoms with E-state index in [4.69, 9.17) is 10.5 Å². The third-order valence-electron chi connectivity index (χ3n) is 3.32. The fourth-order valence-electron chi connectivity index (χ4n) is 2.09. The van der Waals surface area contributed by atoms with E-state index in [2.05, 4.69) is 11.8 Å². The zero-order valence-corrected chi connectivity index (χ0v) is 10.2. The van der Waals surface area contributed by atoms with Crippen molar-refractivity contribution in [2.24, 2.45) is 11.7 Å². The quantitative estimate of drug-likeness (QED) is 0.665. The third-order valence-corrected chi connectivity index (χ3v) is 3.32. The molecule has 15 heavy (non-hydrogen) atoms. The van der Waals surface area contributed by atoms with E-state index in [0.717, 1.165) is 25.6 Å². The molecule has 1 fully saturated rings. The largest absolute Gasteiger partial charge is 0.376 e. The van der Waals surface area contributed by atoms with Crippen molar-refractivity contribution in [3.05, 3.63) is 0 Å². The van der Waals surface area contributed by atoms with Gasteiger partial charge in [0.05, 0.1) is 6.10 Å². The fourth-order valence-corrected chi connectivity index (χ4v) is 2.09. The molecule has 90 valence electrons. The second-order valence-corrected chi connectivity index (χ2v) is 4.46. The Morgan fingerprint density at radius 1 is 1.40 bits per heavy atom. The van der Waals surface area contributed by atoms with E-state index in [1.807, 2.05) is 6.92 Å². The molecule has 1 saturated carbocycles. The summed E-state index contributed by atoms with van der Waals surface area (Å²) in [5, 5.41) is 0. The zero-order valence-electron chi connectivity index (χ0n) is 10.2. The maximum atomic E-state index is 5.69. The summed E-state index contributed by atoms with van der Waals surface area (Å²) in [7, 11) is 0. The summed E-state index contributed by atoms with van der Waals surface area (Å²) in [4.78, 5) is 2.48.